The van der Waals surface area contributed by atoms with E-state index in [0.29, 0.717) is 11.3 Å². The molecule has 28 heavy (non-hydrogen) atoms. The molecular weight excluding hydrogens is 354 g/mol. The zero-order chi connectivity index (χ0) is 20.7. The first-order chi connectivity index (χ1) is 13.3. The first-order valence-electron chi connectivity index (χ1n) is 9.25. The maximum Gasteiger partial charge on any atom is 0.251 e. The summed E-state index contributed by atoms with van der Waals surface area (Å²) in [7, 11) is 1.56. The molecule has 2 aromatic rings. The van der Waals surface area contributed by atoms with Gasteiger partial charge in [0, 0.05) is 18.3 Å². The Labute approximate surface area is 165 Å². The van der Waals surface area contributed by atoms with E-state index in [0.717, 1.165) is 5.56 Å². The van der Waals surface area contributed by atoms with Crippen molar-refractivity contribution in [1.29, 1.82) is 0 Å². The summed E-state index contributed by atoms with van der Waals surface area (Å²) in [5.74, 6) is -1.04. The van der Waals surface area contributed by atoms with Crippen LogP contribution in [-0.4, -0.2) is 42.3 Å². The van der Waals surface area contributed by atoms with E-state index < -0.39 is 6.04 Å². The number of nitrogens with one attached hydrogen (secondary N) is 2. The molecule has 2 aromatic carbocycles. The quantitative estimate of drug-likeness (QED) is 0.774. The molecule has 0 aliphatic carbocycles. The topological polar surface area (TPSA) is 78.5 Å². The van der Waals surface area contributed by atoms with Gasteiger partial charge in [0.05, 0.1) is 6.54 Å². The van der Waals surface area contributed by atoms with Crippen molar-refractivity contribution in [3.05, 3.63) is 65.7 Å². The van der Waals surface area contributed by atoms with Gasteiger partial charge in [-0.05, 0) is 37.1 Å². The summed E-state index contributed by atoms with van der Waals surface area (Å²) < 4.78 is 0. The first kappa shape index (κ1) is 21.2. The third-order valence-corrected chi connectivity index (χ3v) is 4.35. The average molecular weight is 381 g/mol. The largest absolute Gasteiger partial charge is 0.340 e. The van der Waals surface area contributed by atoms with Gasteiger partial charge in [0.15, 0.2) is 0 Å². The summed E-state index contributed by atoms with van der Waals surface area (Å²) in [6, 6.07) is 15.4. The maximum atomic E-state index is 12.8. The number of carbonyl (C=O) groups is 3. The molecule has 1 unspecified atom stereocenters. The minimum atomic E-state index is -0.718. The number of aryl methyl sites for hydroxylation is 1. The molecule has 0 heterocycles. The number of likely N-dealkylation sites (N-methyl/N-ethyl adjacent to an activating group) is 1. The van der Waals surface area contributed by atoms with Crippen LogP contribution >= 0.6 is 0 Å². The van der Waals surface area contributed by atoms with E-state index in [2.05, 4.69) is 10.6 Å². The second-order valence-corrected chi connectivity index (χ2v) is 7.17. The van der Waals surface area contributed by atoms with Crippen molar-refractivity contribution in [2.75, 3.05) is 18.9 Å². The molecular formula is C22H27N3O3. The van der Waals surface area contributed by atoms with Gasteiger partial charge in [-0.2, -0.15) is 0 Å². The molecule has 0 aliphatic heterocycles. The van der Waals surface area contributed by atoms with E-state index in [1.54, 1.807) is 31.3 Å². The van der Waals surface area contributed by atoms with E-state index in [-0.39, 0.29) is 30.2 Å². The zero-order valence-corrected chi connectivity index (χ0v) is 16.7. The van der Waals surface area contributed by atoms with Crippen LogP contribution in [0.3, 0.4) is 0 Å². The van der Waals surface area contributed by atoms with Crippen molar-refractivity contribution in [3.63, 3.8) is 0 Å². The molecule has 2 N–H and O–H groups in total. The molecule has 0 spiro atoms. The minimum Gasteiger partial charge on any atom is -0.340 e. The highest BCUT2D eigenvalue weighted by Gasteiger charge is 2.28. The minimum absolute atomic E-state index is 0.100. The van der Waals surface area contributed by atoms with Gasteiger partial charge >= 0.3 is 0 Å². The normalized spacial score (nSPS) is 11.6. The van der Waals surface area contributed by atoms with Gasteiger partial charge in [-0.15, -0.1) is 0 Å². The summed E-state index contributed by atoms with van der Waals surface area (Å²) in [5, 5.41) is 5.55. The molecule has 6 heteroatoms. The summed E-state index contributed by atoms with van der Waals surface area (Å²) in [5.41, 5.74) is 2.26. The summed E-state index contributed by atoms with van der Waals surface area (Å²) in [4.78, 5) is 38.8. The maximum absolute atomic E-state index is 12.8. The van der Waals surface area contributed by atoms with Crippen molar-refractivity contribution in [3.8, 4) is 0 Å². The number of anilines is 1. The van der Waals surface area contributed by atoms with Crippen LogP contribution in [0.5, 0.6) is 0 Å². The van der Waals surface area contributed by atoms with Gasteiger partial charge in [0.25, 0.3) is 5.91 Å². The van der Waals surface area contributed by atoms with Crippen LogP contribution in [0.15, 0.2) is 54.6 Å². The molecule has 148 valence electrons. The van der Waals surface area contributed by atoms with Gasteiger partial charge in [-0.25, -0.2) is 0 Å². The molecule has 0 saturated carbocycles. The van der Waals surface area contributed by atoms with E-state index in [1.165, 1.54) is 4.90 Å². The Hall–Kier alpha value is -3.15. The SMILES string of the molecule is Cc1ccc(NC(=O)CN(C)C(=O)C(NC(=O)c2ccccc2)C(C)C)cc1. The number of rotatable bonds is 7. The fourth-order valence-electron chi connectivity index (χ4n) is 2.70. The Morgan fingerprint density at radius 1 is 0.964 bits per heavy atom. The Balaban J connectivity index is 1.98. The number of nitrogens with zero attached hydrogens (tertiary/aromatic N) is 1. The lowest BCUT2D eigenvalue weighted by atomic mass is 10.0. The van der Waals surface area contributed by atoms with Crippen molar-refractivity contribution in [2.24, 2.45) is 5.92 Å². The van der Waals surface area contributed by atoms with Crippen LogP contribution < -0.4 is 10.6 Å². The van der Waals surface area contributed by atoms with Gasteiger partial charge in [0.1, 0.15) is 6.04 Å². The fourth-order valence-corrected chi connectivity index (χ4v) is 2.70. The van der Waals surface area contributed by atoms with E-state index in [4.69, 9.17) is 0 Å². The lowest BCUT2D eigenvalue weighted by Crippen LogP contribution is -2.51. The molecule has 1 atom stereocenters. The van der Waals surface area contributed by atoms with Crippen LogP contribution in [-0.2, 0) is 9.59 Å². The Morgan fingerprint density at radius 3 is 2.14 bits per heavy atom. The van der Waals surface area contributed by atoms with E-state index in [1.807, 2.05) is 51.1 Å². The van der Waals surface area contributed by atoms with Gasteiger partial charge in [-0.3, -0.25) is 14.4 Å². The van der Waals surface area contributed by atoms with Crippen LogP contribution in [0.25, 0.3) is 0 Å². The van der Waals surface area contributed by atoms with Gasteiger partial charge < -0.3 is 15.5 Å². The van der Waals surface area contributed by atoms with Gasteiger partial charge in [0.2, 0.25) is 11.8 Å². The highest BCUT2D eigenvalue weighted by atomic mass is 16.2. The molecule has 0 aromatic heterocycles. The Bertz CT molecular complexity index is 817. The molecule has 3 amide bonds. The number of benzene rings is 2. The number of hydrogen-bond donors (Lipinski definition) is 2. The lowest BCUT2D eigenvalue weighted by Gasteiger charge is -2.26. The molecule has 0 saturated heterocycles. The summed E-state index contributed by atoms with van der Waals surface area (Å²) in [6.07, 6.45) is 0. The van der Waals surface area contributed by atoms with Crippen LogP contribution in [0.1, 0.15) is 29.8 Å². The molecule has 6 nitrogen and oxygen atoms in total. The molecule has 0 radical (unpaired) electrons. The van der Waals surface area contributed by atoms with Gasteiger partial charge in [-0.1, -0.05) is 49.7 Å². The number of amides is 3. The third-order valence-electron chi connectivity index (χ3n) is 4.35. The van der Waals surface area contributed by atoms with Crippen molar-refractivity contribution in [2.45, 2.75) is 26.8 Å². The molecule has 2 rings (SSSR count). The zero-order valence-electron chi connectivity index (χ0n) is 16.7. The highest BCUT2D eigenvalue weighted by molar-refractivity contribution is 5.99. The van der Waals surface area contributed by atoms with E-state index >= 15 is 0 Å². The third kappa shape index (κ3) is 5.94. The van der Waals surface area contributed by atoms with Crippen LogP contribution in [0.2, 0.25) is 0 Å². The second-order valence-electron chi connectivity index (χ2n) is 7.17. The molecule has 0 bridgehead atoms. The monoisotopic (exact) mass is 381 g/mol. The fraction of sp³-hybridized carbons (Fsp3) is 0.318. The average Bonchev–Trinajstić information content (AvgIpc) is 2.67. The molecule has 0 aliphatic rings. The number of carbonyl (C=O) groups excluding carboxylic acids is 3. The highest BCUT2D eigenvalue weighted by Crippen LogP contribution is 2.10. The van der Waals surface area contributed by atoms with E-state index in [9.17, 15) is 14.4 Å². The van der Waals surface area contributed by atoms with Crippen molar-refractivity contribution >= 4 is 23.4 Å². The predicted molar refractivity (Wildman–Crippen MR) is 110 cm³/mol. The smallest absolute Gasteiger partial charge is 0.251 e. The second kappa shape index (κ2) is 9.69. The van der Waals surface area contributed by atoms with Crippen molar-refractivity contribution < 1.29 is 14.4 Å². The number of hydrogen-bond acceptors (Lipinski definition) is 3. The summed E-state index contributed by atoms with van der Waals surface area (Å²) >= 11 is 0. The van der Waals surface area contributed by atoms with Crippen LogP contribution in [0.4, 0.5) is 5.69 Å². The lowest BCUT2D eigenvalue weighted by molar-refractivity contribution is -0.135. The van der Waals surface area contributed by atoms with Crippen molar-refractivity contribution in [1.82, 2.24) is 10.2 Å². The Morgan fingerprint density at radius 2 is 1.57 bits per heavy atom. The standard InChI is InChI=1S/C22H27N3O3/c1-15(2)20(24-21(27)17-8-6-5-7-9-17)22(28)25(4)14-19(26)23-18-12-10-16(3)11-13-18/h5-13,15,20H,14H2,1-4H3,(H,23,26)(H,24,27). The summed E-state index contributed by atoms with van der Waals surface area (Å²) in [6.45, 7) is 5.58. The Kier molecular flexibility index (Phi) is 7.32. The molecule has 0 fully saturated rings. The van der Waals surface area contributed by atoms with Crippen LogP contribution in [0, 0.1) is 12.8 Å². The first-order valence-corrected chi connectivity index (χ1v) is 9.25. The predicted octanol–water partition coefficient (Wildman–Crippen LogP) is 2.85.